The summed E-state index contributed by atoms with van der Waals surface area (Å²) in [7, 11) is 0. The van der Waals surface area contributed by atoms with Crippen molar-refractivity contribution in [3.8, 4) is 0 Å². The third-order valence-electron chi connectivity index (χ3n) is 4.53. The average Bonchev–Trinajstić information content (AvgIpc) is 2.49. The second kappa shape index (κ2) is 4.94. The number of rotatable bonds is 1. The normalized spacial score (nSPS) is 39.5. The van der Waals surface area contributed by atoms with Gasteiger partial charge in [-0.15, -0.1) is 0 Å². The lowest BCUT2D eigenvalue weighted by molar-refractivity contribution is -0.121. The van der Waals surface area contributed by atoms with Gasteiger partial charge in [0.25, 0.3) is 0 Å². The average molecular weight is 237 g/mol. The second-order valence-corrected chi connectivity index (χ2v) is 5.77. The first-order chi connectivity index (χ1) is 8.31. The summed E-state index contributed by atoms with van der Waals surface area (Å²) < 4.78 is 0. The van der Waals surface area contributed by atoms with Crippen molar-refractivity contribution in [3.05, 3.63) is 0 Å². The van der Waals surface area contributed by atoms with Crippen LogP contribution in [0.15, 0.2) is 0 Å². The molecule has 3 aliphatic rings. The molecule has 0 saturated carbocycles. The Kier molecular flexibility index (Phi) is 3.34. The molecule has 0 aromatic carbocycles. The van der Waals surface area contributed by atoms with Gasteiger partial charge in [-0.25, -0.2) is 0 Å². The molecule has 0 aromatic rings. The molecule has 3 fully saturated rings. The van der Waals surface area contributed by atoms with Crippen molar-refractivity contribution in [1.82, 2.24) is 15.5 Å². The van der Waals surface area contributed by atoms with Crippen molar-refractivity contribution in [3.63, 3.8) is 0 Å². The highest BCUT2D eigenvalue weighted by Crippen LogP contribution is 2.24. The standard InChI is InChI=1S/C13H23N3O/c17-13-8-12(2-1-6-14-13)16-7-5-10-3-4-11(9-16)15-10/h10-12,15H,1-9H2,(H,14,17). The molecule has 2 bridgehead atoms. The molecule has 3 atom stereocenters. The summed E-state index contributed by atoms with van der Waals surface area (Å²) >= 11 is 0. The molecule has 3 aliphatic heterocycles. The molecule has 4 heteroatoms. The molecule has 96 valence electrons. The van der Waals surface area contributed by atoms with Crippen LogP contribution in [0.25, 0.3) is 0 Å². The Morgan fingerprint density at radius 3 is 2.94 bits per heavy atom. The lowest BCUT2D eigenvalue weighted by Crippen LogP contribution is -2.42. The van der Waals surface area contributed by atoms with Gasteiger partial charge >= 0.3 is 0 Å². The second-order valence-electron chi connectivity index (χ2n) is 5.77. The topological polar surface area (TPSA) is 44.4 Å². The van der Waals surface area contributed by atoms with Gasteiger partial charge in [0.05, 0.1) is 0 Å². The monoisotopic (exact) mass is 237 g/mol. The van der Waals surface area contributed by atoms with Crippen LogP contribution in [0.4, 0.5) is 0 Å². The SMILES string of the molecule is O=C1CC(N2CCC3CCC(C2)N3)CCCN1. The van der Waals surface area contributed by atoms with Gasteiger partial charge in [0, 0.05) is 37.6 Å². The third kappa shape index (κ3) is 2.63. The summed E-state index contributed by atoms with van der Waals surface area (Å²) in [6, 6.07) is 1.90. The van der Waals surface area contributed by atoms with E-state index < -0.39 is 0 Å². The predicted molar refractivity (Wildman–Crippen MR) is 66.8 cm³/mol. The number of amides is 1. The first-order valence-electron chi connectivity index (χ1n) is 7.08. The van der Waals surface area contributed by atoms with Crippen LogP contribution in [-0.4, -0.2) is 48.6 Å². The molecular formula is C13H23N3O. The lowest BCUT2D eigenvalue weighted by atomic mass is 10.0. The van der Waals surface area contributed by atoms with Crippen molar-refractivity contribution in [2.75, 3.05) is 19.6 Å². The van der Waals surface area contributed by atoms with Gasteiger partial charge in [0.15, 0.2) is 0 Å². The van der Waals surface area contributed by atoms with Crippen LogP contribution in [0.5, 0.6) is 0 Å². The minimum atomic E-state index is 0.245. The molecule has 0 radical (unpaired) electrons. The van der Waals surface area contributed by atoms with Crippen LogP contribution >= 0.6 is 0 Å². The predicted octanol–water partition coefficient (Wildman–Crippen LogP) is 0.481. The molecule has 3 rings (SSSR count). The van der Waals surface area contributed by atoms with E-state index in [2.05, 4.69) is 15.5 Å². The summed E-state index contributed by atoms with van der Waals surface area (Å²) in [5, 5.41) is 6.69. The molecule has 0 spiro atoms. The van der Waals surface area contributed by atoms with Gasteiger partial charge in [-0.05, 0) is 38.6 Å². The summed E-state index contributed by atoms with van der Waals surface area (Å²) in [6.07, 6.45) is 6.94. The Morgan fingerprint density at radius 2 is 2.00 bits per heavy atom. The van der Waals surface area contributed by atoms with Crippen LogP contribution in [0.3, 0.4) is 0 Å². The van der Waals surface area contributed by atoms with Crippen LogP contribution < -0.4 is 10.6 Å². The molecular weight excluding hydrogens is 214 g/mol. The maximum atomic E-state index is 11.6. The lowest BCUT2D eigenvalue weighted by Gasteiger charge is -2.31. The number of carbonyl (C=O) groups is 1. The zero-order valence-corrected chi connectivity index (χ0v) is 10.5. The first-order valence-corrected chi connectivity index (χ1v) is 7.08. The van der Waals surface area contributed by atoms with Crippen LogP contribution in [0.2, 0.25) is 0 Å². The van der Waals surface area contributed by atoms with E-state index in [4.69, 9.17) is 0 Å². The number of nitrogens with one attached hydrogen (secondary N) is 2. The number of hydrogen-bond acceptors (Lipinski definition) is 3. The van der Waals surface area contributed by atoms with E-state index in [0.29, 0.717) is 18.5 Å². The molecule has 4 nitrogen and oxygen atoms in total. The maximum absolute atomic E-state index is 11.6. The van der Waals surface area contributed by atoms with E-state index in [0.717, 1.165) is 25.6 Å². The molecule has 0 aliphatic carbocycles. The van der Waals surface area contributed by atoms with E-state index in [-0.39, 0.29) is 5.91 Å². The van der Waals surface area contributed by atoms with Crippen molar-refractivity contribution in [1.29, 1.82) is 0 Å². The minimum absolute atomic E-state index is 0.245. The zero-order valence-electron chi connectivity index (χ0n) is 10.5. The molecule has 3 heterocycles. The van der Waals surface area contributed by atoms with E-state index >= 15 is 0 Å². The van der Waals surface area contributed by atoms with Gasteiger partial charge in [0.1, 0.15) is 0 Å². The van der Waals surface area contributed by atoms with E-state index in [1.165, 1.54) is 32.2 Å². The summed E-state index contributed by atoms with van der Waals surface area (Å²) in [6.45, 7) is 3.19. The largest absolute Gasteiger partial charge is 0.356 e. The van der Waals surface area contributed by atoms with Crippen molar-refractivity contribution < 1.29 is 4.79 Å². The van der Waals surface area contributed by atoms with Gasteiger partial charge in [-0.2, -0.15) is 0 Å². The fourth-order valence-corrected chi connectivity index (χ4v) is 3.57. The number of likely N-dealkylation sites (tertiary alicyclic amines) is 1. The van der Waals surface area contributed by atoms with E-state index in [9.17, 15) is 4.79 Å². The zero-order chi connectivity index (χ0) is 11.7. The Morgan fingerprint density at radius 1 is 1.12 bits per heavy atom. The van der Waals surface area contributed by atoms with Crippen LogP contribution in [0.1, 0.15) is 38.5 Å². The molecule has 1 amide bonds. The molecule has 0 aromatic heterocycles. The van der Waals surface area contributed by atoms with Gasteiger partial charge in [0.2, 0.25) is 5.91 Å². The Bertz CT molecular complexity index is 294. The third-order valence-corrected chi connectivity index (χ3v) is 4.53. The quantitative estimate of drug-likeness (QED) is 0.697. The van der Waals surface area contributed by atoms with E-state index in [1.807, 2.05) is 0 Å². The van der Waals surface area contributed by atoms with Crippen LogP contribution in [-0.2, 0) is 4.79 Å². The molecule has 3 saturated heterocycles. The summed E-state index contributed by atoms with van der Waals surface area (Å²) in [4.78, 5) is 14.2. The van der Waals surface area contributed by atoms with E-state index in [1.54, 1.807) is 0 Å². The van der Waals surface area contributed by atoms with Gasteiger partial charge in [-0.3, -0.25) is 9.69 Å². The smallest absolute Gasteiger partial charge is 0.221 e. The Balaban J connectivity index is 1.64. The highest BCUT2D eigenvalue weighted by Gasteiger charge is 2.33. The minimum Gasteiger partial charge on any atom is -0.356 e. The first kappa shape index (κ1) is 11.5. The molecule has 17 heavy (non-hydrogen) atoms. The van der Waals surface area contributed by atoms with Crippen molar-refractivity contribution >= 4 is 5.91 Å². The number of hydrogen-bond donors (Lipinski definition) is 2. The fraction of sp³-hybridized carbons (Fsp3) is 0.923. The van der Waals surface area contributed by atoms with Crippen LogP contribution in [0, 0.1) is 0 Å². The van der Waals surface area contributed by atoms with Crippen molar-refractivity contribution in [2.45, 2.75) is 56.7 Å². The Hall–Kier alpha value is -0.610. The highest BCUT2D eigenvalue weighted by atomic mass is 16.1. The van der Waals surface area contributed by atoms with Gasteiger partial charge < -0.3 is 10.6 Å². The number of nitrogens with zero attached hydrogens (tertiary/aromatic N) is 1. The number of fused-ring (bicyclic) bond motifs is 2. The van der Waals surface area contributed by atoms with Gasteiger partial charge in [-0.1, -0.05) is 0 Å². The maximum Gasteiger partial charge on any atom is 0.221 e. The Labute approximate surface area is 103 Å². The fourth-order valence-electron chi connectivity index (χ4n) is 3.57. The highest BCUT2D eigenvalue weighted by molar-refractivity contribution is 5.76. The molecule has 3 unspecified atom stereocenters. The van der Waals surface area contributed by atoms with Crippen molar-refractivity contribution in [2.24, 2.45) is 0 Å². The summed E-state index contributed by atoms with van der Waals surface area (Å²) in [5.74, 6) is 0.245. The molecule has 2 N–H and O–H groups in total. The summed E-state index contributed by atoms with van der Waals surface area (Å²) in [5.41, 5.74) is 0. The number of carbonyl (C=O) groups excluding carboxylic acids is 1.